The van der Waals surface area contributed by atoms with Crippen molar-refractivity contribution in [3.8, 4) is 0 Å². The topological polar surface area (TPSA) is 222 Å². The van der Waals surface area contributed by atoms with E-state index in [1.54, 1.807) is 6.92 Å². The molecule has 5 N–H and O–H groups in total. The van der Waals surface area contributed by atoms with E-state index in [1.165, 1.54) is 0 Å². The molecule has 0 saturated carbocycles. The van der Waals surface area contributed by atoms with E-state index < -0.39 is 30.6 Å². The van der Waals surface area contributed by atoms with Gasteiger partial charge in [-0.25, -0.2) is 0 Å². The van der Waals surface area contributed by atoms with Gasteiger partial charge in [-0.05, 0) is 13.3 Å². The molecule has 0 aliphatic heterocycles. The number of hydrogen-bond donors (Lipinski definition) is 5. The Morgan fingerprint density at radius 3 is 0.838 bits per heavy atom. The maximum absolute atomic E-state index is 9.57. The molecule has 14 heteroatoms. The van der Waals surface area contributed by atoms with Crippen LogP contribution in [-0.2, 0) is 14.4 Å². The third kappa shape index (κ3) is 107. The summed E-state index contributed by atoms with van der Waals surface area (Å²) >= 11 is 0. The van der Waals surface area contributed by atoms with Gasteiger partial charge in [0.1, 0.15) is 19.6 Å². The largest absolute Gasteiger partial charge is 0.550 e. The second-order valence-electron chi connectivity index (χ2n) is 10.5. The summed E-state index contributed by atoms with van der Waals surface area (Å²) in [7, 11) is 18.5. The molecule has 0 aliphatic carbocycles. The van der Waals surface area contributed by atoms with E-state index >= 15 is 0 Å². The van der Waals surface area contributed by atoms with Gasteiger partial charge in [0.25, 0.3) is 0 Å². The van der Waals surface area contributed by atoms with Crippen LogP contribution in [0.15, 0.2) is 0 Å². The average Bonchev–Trinajstić information content (AvgIpc) is 2.66. The number of quaternary nitrogens is 3. The highest BCUT2D eigenvalue weighted by Gasteiger charge is 2.03. The molecular weight excluding hydrogens is 494 g/mol. The molecule has 1 unspecified atom stereocenters. The van der Waals surface area contributed by atoms with Crippen LogP contribution in [0.3, 0.4) is 0 Å². The van der Waals surface area contributed by atoms with E-state index in [9.17, 15) is 9.90 Å². The van der Waals surface area contributed by atoms with Gasteiger partial charge in [-0.3, -0.25) is 0 Å². The van der Waals surface area contributed by atoms with Crippen molar-refractivity contribution < 1.29 is 68.7 Å². The zero-order valence-electron chi connectivity index (χ0n) is 24.8. The Kier molecular flexibility index (Phi) is 37.3. The minimum absolute atomic E-state index is 0.211. The molecule has 0 fully saturated rings. The third-order valence-electron chi connectivity index (χ3n) is 3.10. The Bertz CT molecular complexity index is 485. The zero-order chi connectivity index (χ0) is 31.5. The van der Waals surface area contributed by atoms with Gasteiger partial charge < -0.3 is 68.7 Å². The van der Waals surface area contributed by atoms with Crippen molar-refractivity contribution in [1.29, 1.82) is 0 Å². The molecule has 0 aromatic heterocycles. The minimum Gasteiger partial charge on any atom is -0.550 e. The van der Waals surface area contributed by atoms with E-state index in [0.29, 0.717) is 0 Å². The van der Waals surface area contributed by atoms with Gasteiger partial charge in [-0.2, -0.15) is 0 Å². The van der Waals surface area contributed by atoms with Crippen LogP contribution in [0.25, 0.3) is 0 Å². The SMILES string of the molecule is CC(=O)[O-].CCC(O)C(=O)[O-].C[N+](C)(C)CCO.C[N+](C)(C)CCO.C[N+](C)(C)CCO.O=C([O-])CO. The highest BCUT2D eigenvalue weighted by Crippen LogP contribution is 1.86. The molecule has 0 aromatic carbocycles. The fourth-order valence-electron chi connectivity index (χ4n) is 1.07. The molecule has 0 saturated heterocycles. The Labute approximate surface area is 223 Å². The van der Waals surface area contributed by atoms with Crippen LogP contribution < -0.4 is 15.3 Å². The van der Waals surface area contributed by atoms with Crippen LogP contribution in [-0.4, -0.2) is 172 Å². The van der Waals surface area contributed by atoms with Crippen LogP contribution >= 0.6 is 0 Å². The highest BCUT2D eigenvalue weighted by atomic mass is 16.4. The van der Waals surface area contributed by atoms with Gasteiger partial charge in [0.15, 0.2) is 0 Å². The smallest absolute Gasteiger partial charge is 0.101 e. The first-order chi connectivity index (χ1) is 16.4. The molecule has 0 aliphatic rings. The summed E-state index contributed by atoms with van der Waals surface area (Å²) in [6.45, 7) is 5.00. The zero-order valence-corrected chi connectivity index (χ0v) is 24.8. The lowest BCUT2D eigenvalue weighted by Gasteiger charge is -2.21. The van der Waals surface area contributed by atoms with Crippen molar-refractivity contribution in [3.63, 3.8) is 0 Å². The number of carboxylic acids is 3. The van der Waals surface area contributed by atoms with Gasteiger partial charge in [0.2, 0.25) is 0 Å². The molecule has 1 atom stereocenters. The number of carbonyl (C=O) groups is 3. The Hall–Kier alpha value is -1.91. The first-order valence-corrected chi connectivity index (χ1v) is 11.5. The number of carbonyl (C=O) groups excluding carboxylic acids is 3. The second kappa shape index (κ2) is 28.7. The molecule has 0 spiro atoms. The minimum atomic E-state index is -1.44. The maximum Gasteiger partial charge on any atom is 0.101 e. The number of hydrogen-bond acceptors (Lipinski definition) is 11. The number of aliphatic hydroxyl groups is 5. The predicted molar refractivity (Wildman–Crippen MR) is 134 cm³/mol. The maximum atomic E-state index is 9.57. The Morgan fingerprint density at radius 1 is 0.649 bits per heavy atom. The van der Waals surface area contributed by atoms with Crippen molar-refractivity contribution in [2.45, 2.75) is 26.4 Å². The molecule has 0 rings (SSSR count). The summed E-state index contributed by atoms with van der Waals surface area (Å²) in [6.07, 6.45) is -1.08. The summed E-state index contributed by atoms with van der Waals surface area (Å²) < 4.78 is 2.53. The van der Waals surface area contributed by atoms with E-state index in [2.05, 4.69) is 63.4 Å². The molecule has 14 nitrogen and oxygen atoms in total. The number of nitrogens with zero attached hydrogens (tertiary/aromatic N) is 3. The summed E-state index contributed by atoms with van der Waals surface area (Å²) in [5.74, 6) is -3.92. The van der Waals surface area contributed by atoms with E-state index in [4.69, 9.17) is 45.3 Å². The van der Waals surface area contributed by atoms with Gasteiger partial charge in [0.05, 0.1) is 108 Å². The molecule has 0 bridgehead atoms. The molecular formula is C23H55N3O11. The number of aliphatic hydroxyl groups excluding tert-OH is 5. The summed E-state index contributed by atoms with van der Waals surface area (Å²) in [4.78, 5) is 27.5. The van der Waals surface area contributed by atoms with Crippen LogP contribution in [0.5, 0.6) is 0 Å². The number of rotatable bonds is 9. The molecule has 0 aromatic rings. The van der Waals surface area contributed by atoms with Crippen molar-refractivity contribution in [1.82, 2.24) is 0 Å². The Morgan fingerprint density at radius 2 is 0.838 bits per heavy atom. The monoisotopic (exact) mass is 549 g/mol. The predicted octanol–water partition coefficient (Wildman–Crippen LogP) is -5.95. The van der Waals surface area contributed by atoms with Crippen LogP contribution in [0, 0.1) is 0 Å². The molecule has 0 amide bonds. The van der Waals surface area contributed by atoms with E-state index in [1.807, 2.05) is 0 Å². The number of carboxylic acid groups (broad SMARTS) is 3. The van der Waals surface area contributed by atoms with Gasteiger partial charge >= 0.3 is 0 Å². The van der Waals surface area contributed by atoms with Crippen molar-refractivity contribution in [2.24, 2.45) is 0 Å². The molecule has 0 radical (unpaired) electrons. The molecule has 37 heavy (non-hydrogen) atoms. The molecule has 228 valence electrons. The number of likely N-dealkylation sites (N-methyl/N-ethyl adjacent to an activating group) is 3. The fraction of sp³-hybridized carbons (Fsp3) is 0.870. The van der Waals surface area contributed by atoms with Crippen LogP contribution in [0.1, 0.15) is 20.3 Å². The van der Waals surface area contributed by atoms with E-state index in [0.717, 1.165) is 40.0 Å². The quantitative estimate of drug-likeness (QED) is 0.170. The van der Waals surface area contributed by atoms with Crippen molar-refractivity contribution in [2.75, 3.05) is 109 Å². The summed E-state index contributed by atoms with van der Waals surface area (Å²) in [6, 6.07) is 0. The second-order valence-corrected chi connectivity index (χ2v) is 10.5. The normalized spacial score (nSPS) is 11.0. The number of aliphatic carboxylic acids is 3. The van der Waals surface area contributed by atoms with Gasteiger partial charge in [-0.1, -0.05) is 6.92 Å². The first kappa shape index (κ1) is 48.2. The van der Waals surface area contributed by atoms with Crippen molar-refractivity contribution in [3.05, 3.63) is 0 Å². The standard InChI is InChI=1S/3C5H14NO.C4H8O3.C2H4O3.C2H4O2/c3*1-6(2,3)4-5-7;1-2-3(5)4(6)7;3-1-2(4)5;1-2(3)4/h3*7H,4-5H2,1-3H3;3,5H,2H2,1H3,(H,6,7);3H,1H2,(H,4,5);1H3,(H,3,4)/q3*+1;;;/p-3. The van der Waals surface area contributed by atoms with Gasteiger partial charge in [-0.15, -0.1) is 0 Å². The van der Waals surface area contributed by atoms with Gasteiger partial charge in [0, 0.05) is 5.97 Å². The van der Waals surface area contributed by atoms with Crippen molar-refractivity contribution >= 4 is 17.9 Å². The van der Waals surface area contributed by atoms with E-state index in [-0.39, 0.29) is 26.2 Å². The fourth-order valence-corrected chi connectivity index (χ4v) is 1.07. The average molecular weight is 550 g/mol. The van der Waals surface area contributed by atoms with Crippen LogP contribution in [0.4, 0.5) is 0 Å². The lowest BCUT2D eigenvalue weighted by Crippen LogP contribution is -2.36. The Balaban J connectivity index is -0.0000000787. The lowest BCUT2D eigenvalue weighted by atomic mass is 10.3. The third-order valence-corrected chi connectivity index (χ3v) is 3.10. The van der Waals surface area contributed by atoms with Crippen LogP contribution in [0.2, 0.25) is 0 Å². The first-order valence-electron chi connectivity index (χ1n) is 11.5. The highest BCUT2D eigenvalue weighted by molar-refractivity contribution is 5.69. The lowest BCUT2D eigenvalue weighted by molar-refractivity contribution is -0.870. The molecule has 0 heterocycles. The summed E-state index contributed by atoms with van der Waals surface area (Å²) in [5, 5.41) is 68.4. The summed E-state index contributed by atoms with van der Waals surface area (Å²) in [5.41, 5.74) is 0.